The van der Waals surface area contributed by atoms with Crippen LogP contribution in [0.3, 0.4) is 0 Å². The molecule has 0 radical (unpaired) electrons. The maximum atomic E-state index is 13.3. The second kappa shape index (κ2) is 12.2. The van der Waals surface area contributed by atoms with Gasteiger partial charge in [-0.2, -0.15) is 0 Å². The number of ether oxygens (including phenoxy) is 2. The van der Waals surface area contributed by atoms with Crippen molar-refractivity contribution in [1.82, 2.24) is 14.8 Å². The minimum atomic E-state index is -0.711. The SMILES string of the molecule is Cc1cc(OCc2ccccc2)ccc1/C(O)=C1\C(=O)C(=O)N(CCCN2CCOCC2)[C@@H]1c1cccnc1. The third kappa shape index (κ3) is 6.02. The summed E-state index contributed by atoms with van der Waals surface area (Å²) >= 11 is 0. The number of aryl methyl sites for hydroxylation is 1. The van der Waals surface area contributed by atoms with E-state index >= 15 is 0 Å². The Hall–Kier alpha value is -4.01. The molecular formula is C31H33N3O5. The van der Waals surface area contributed by atoms with E-state index in [1.54, 1.807) is 35.5 Å². The number of pyridine rings is 1. The topological polar surface area (TPSA) is 92.2 Å². The van der Waals surface area contributed by atoms with E-state index in [0.29, 0.717) is 49.7 Å². The summed E-state index contributed by atoms with van der Waals surface area (Å²) in [4.78, 5) is 34.6. The predicted octanol–water partition coefficient (Wildman–Crippen LogP) is 4.11. The van der Waals surface area contributed by atoms with Crippen LogP contribution < -0.4 is 4.74 Å². The molecule has 202 valence electrons. The highest BCUT2D eigenvalue weighted by molar-refractivity contribution is 6.46. The summed E-state index contributed by atoms with van der Waals surface area (Å²) in [7, 11) is 0. The molecule has 3 heterocycles. The molecule has 0 bridgehead atoms. The summed E-state index contributed by atoms with van der Waals surface area (Å²) < 4.78 is 11.3. The second-order valence-corrected chi connectivity index (χ2v) is 9.84. The number of morpholine rings is 1. The van der Waals surface area contributed by atoms with Crippen LogP contribution in [0.25, 0.3) is 5.76 Å². The van der Waals surface area contributed by atoms with Gasteiger partial charge in [-0.15, -0.1) is 0 Å². The first kappa shape index (κ1) is 26.6. The van der Waals surface area contributed by atoms with Crippen molar-refractivity contribution < 1.29 is 24.2 Å². The van der Waals surface area contributed by atoms with Crippen molar-refractivity contribution in [3.05, 3.63) is 101 Å². The number of amides is 1. The number of carbonyl (C=O) groups excluding carboxylic acids is 2. The Morgan fingerprint density at radius 3 is 2.56 bits per heavy atom. The number of hydrogen-bond acceptors (Lipinski definition) is 7. The molecular weight excluding hydrogens is 494 g/mol. The number of hydrogen-bond donors (Lipinski definition) is 1. The number of rotatable bonds is 9. The number of carbonyl (C=O) groups is 2. The van der Waals surface area contributed by atoms with E-state index in [1.807, 2.05) is 49.4 Å². The van der Waals surface area contributed by atoms with Crippen molar-refractivity contribution in [3.63, 3.8) is 0 Å². The van der Waals surface area contributed by atoms with Gasteiger partial charge in [-0.3, -0.25) is 19.5 Å². The van der Waals surface area contributed by atoms with Gasteiger partial charge in [0.15, 0.2) is 0 Å². The number of nitrogens with zero attached hydrogens (tertiary/aromatic N) is 3. The predicted molar refractivity (Wildman–Crippen MR) is 147 cm³/mol. The molecule has 1 aromatic heterocycles. The van der Waals surface area contributed by atoms with Gasteiger partial charge in [-0.25, -0.2) is 0 Å². The van der Waals surface area contributed by atoms with Crippen LogP contribution in [0.5, 0.6) is 5.75 Å². The number of aromatic nitrogens is 1. The van der Waals surface area contributed by atoms with Crippen LogP contribution in [0, 0.1) is 6.92 Å². The van der Waals surface area contributed by atoms with Gasteiger partial charge in [0.2, 0.25) is 0 Å². The summed E-state index contributed by atoms with van der Waals surface area (Å²) in [5.74, 6) is -0.824. The minimum Gasteiger partial charge on any atom is -0.507 e. The van der Waals surface area contributed by atoms with Crippen molar-refractivity contribution in [3.8, 4) is 5.75 Å². The van der Waals surface area contributed by atoms with Crippen LogP contribution in [0.1, 0.15) is 34.7 Å². The first-order chi connectivity index (χ1) is 19.0. The lowest BCUT2D eigenvalue weighted by Crippen LogP contribution is -2.39. The number of benzene rings is 2. The molecule has 1 amide bonds. The molecule has 8 nitrogen and oxygen atoms in total. The molecule has 2 aliphatic rings. The zero-order valence-corrected chi connectivity index (χ0v) is 22.1. The van der Waals surface area contributed by atoms with Crippen molar-refractivity contribution in [1.29, 1.82) is 0 Å². The Balaban J connectivity index is 1.40. The third-order valence-electron chi connectivity index (χ3n) is 7.22. The van der Waals surface area contributed by atoms with Gasteiger partial charge in [0.05, 0.1) is 24.8 Å². The lowest BCUT2D eigenvalue weighted by molar-refractivity contribution is -0.140. The molecule has 0 spiro atoms. The monoisotopic (exact) mass is 527 g/mol. The van der Waals surface area contributed by atoms with E-state index in [2.05, 4.69) is 9.88 Å². The van der Waals surface area contributed by atoms with Gasteiger partial charge in [0, 0.05) is 44.1 Å². The van der Waals surface area contributed by atoms with Crippen LogP contribution in [0.2, 0.25) is 0 Å². The molecule has 1 atom stereocenters. The van der Waals surface area contributed by atoms with Crippen LogP contribution in [0.15, 0.2) is 78.6 Å². The normalized spacial score (nSPS) is 19.4. The number of likely N-dealkylation sites (tertiary alicyclic amines) is 1. The summed E-state index contributed by atoms with van der Waals surface area (Å²) in [6, 6.07) is 18.1. The third-order valence-corrected chi connectivity index (χ3v) is 7.22. The van der Waals surface area contributed by atoms with Crippen molar-refractivity contribution in [2.45, 2.75) is 26.0 Å². The quantitative estimate of drug-likeness (QED) is 0.254. The van der Waals surface area contributed by atoms with Crippen LogP contribution >= 0.6 is 0 Å². The van der Waals surface area contributed by atoms with Gasteiger partial charge in [-0.1, -0.05) is 36.4 Å². The largest absolute Gasteiger partial charge is 0.507 e. The van der Waals surface area contributed by atoms with Crippen molar-refractivity contribution in [2.24, 2.45) is 0 Å². The zero-order valence-electron chi connectivity index (χ0n) is 22.1. The highest BCUT2D eigenvalue weighted by atomic mass is 16.5. The van der Waals surface area contributed by atoms with Crippen LogP contribution in [-0.4, -0.2) is 71.0 Å². The Kier molecular flexibility index (Phi) is 8.34. The highest BCUT2D eigenvalue weighted by Crippen LogP contribution is 2.40. The highest BCUT2D eigenvalue weighted by Gasteiger charge is 2.46. The number of aliphatic hydroxyl groups is 1. The number of Topliss-reactive ketones (excluding diaryl/α,β-unsaturated/α-hetero) is 1. The fraction of sp³-hybridized carbons (Fsp3) is 0.323. The number of aliphatic hydroxyl groups excluding tert-OH is 1. The average molecular weight is 528 g/mol. The fourth-order valence-corrected chi connectivity index (χ4v) is 5.16. The molecule has 2 fully saturated rings. The van der Waals surface area contributed by atoms with Gasteiger partial charge < -0.3 is 19.5 Å². The molecule has 8 heteroatoms. The number of ketones is 1. The molecule has 2 aliphatic heterocycles. The second-order valence-electron chi connectivity index (χ2n) is 9.84. The van der Waals surface area contributed by atoms with Crippen molar-refractivity contribution in [2.75, 3.05) is 39.4 Å². The van der Waals surface area contributed by atoms with Crippen LogP contribution in [0.4, 0.5) is 0 Å². The molecule has 3 aromatic rings. The Morgan fingerprint density at radius 2 is 1.85 bits per heavy atom. The van der Waals surface area contributed by atoms with E-state index in [4.69, 9.17) is 9.47 Å². The first-order valence-electron chi connectivity index (χ1n) is 13.3. The fourth-order valence-electron chi connectivity index (χ4n) is 5.16. The smallest absolute Gasteiger partial charge is 0.295 e. The van der Waals surface area contributed by atoms with E-state index in [9.17, 15) is 14.7 Å². The molecule has 0 aliphatic carbocycles. The Bertz CT molecular complexity index is 1340. The molecule has 39 heavy (non-hydrogen) atoms. The van der Waals surface area contributed by atoms with Crippen molar-refractivity contribution >= 4 is 17.4 Å². The molecule has 2 aromatic carbocycles. The van der Waals surface area contributed by atoms with E-state index in [0.717, 1.165) is 30.8 Å². The summed E-state index contributed by atoms with van der Waals surface area (Å²) in [6.45, 7) is 6.58. The molecule has 0 unspecified atom stereocenters. The van der Waals surface area contributed by atoms with Gasteiger partial charge in [0.25, 0.3) is 11.7 Å². The lowest BCUT2D eigenvalue weighted by Gasteiger charge is -2.29. The van der Waals surface area contributed by atoms with E-state index in [-0.39, 0.29) is 11.3 Å². The summed E-state index contributed by atoms with van der Waals surface area (Å²) in [5, 5.41) is 11.5. The minimum absolute atomic E-state index is 0.0837. The Morgan fingerprint density at radius 1 is 1.05 bits per heavy atom. The van der Waals surface area contributed by atoms with Gasteiger partial charge >= 0.3 is 0 Å². The van der Waals surface area contributed by atoms with E-state index < -0.39 is 17.7 Å². The maximum absolute atomic E-state index is 13.3. The molecule has 0 saturated carbocycles. The Labute approximate surface area is 228 Å². The standard InChI is InChI=1S/C31H33N3O5/c1-22-19-25(39-21-23-7-3-2-4-8-23)10-11-26(22)29(35)27-28(24-9-5-12-32-20-24)34(31(37)30(27)36)14-6-13-33-15-17-38-18-16-33/h2-5,7-12,19-20,28,35H,6,13-18,21H2,1H3/b29-27+/t28-/m1/s1. The zero-order chi connectivity index (χ0) is 27.2. The van der Waals surface area contributed by atoms with Gasteiger partial charge in [-0.05, 0) is 54.3 Å². The molecule has 1 N–H and O–H groups in total. The molecule has 5 rings (SSSR count). The summed E-state index contributed by atoms with van der Waals surface area (Å²) in [6.07, 6.45) is 3.99. The van der Waals surface area contributed by atoms with Gasteiger partial charge in [0.1, 0.15) is 18.1 Å². The van der Waals surface area contributed by atoms with Crippen LogP contribution in [-0.2, 0) is 20.9 Å². The average Bonchev–Trinajstić information content (AvgIpc) is 3.22. The lowest BCUT2D eigenvalue weighted by atomic mass is 9.94. The summed E-state index contributed by atoms with van der Waals surface area (Å²) in [5.41, 5.74) is 3.04. The first-order valence-corrected chi connectivity index (χ1v) is 13.3. The molecule has 2 saturated heterocycles. The van der Waals surface area contributed by atoms with E-state index in [1.165, 1.54) is 0 Å². The maximum Gasteiger partial charge on any atom is 0.295 e.